The number of likely N-dealkylation sites (N-methyl/N-ethyl adjacent to an activating group) is 1. The summed E-state index contributed by atoms with van der Waals surface area (Å²) >= 11 is 1.71. The van der Waals surface area contributed by atoms with E-state index in [1.165, 1.54) is 6.42 Å². The lowest BCUT2D eigenvalue weighted by atomic mass is 9.79. The van der Waals surface area contributed by atoms with Crippen molar-refractivity contribution in [1.29, 1.82) is 0 Å². The van der Waals surface area contributed by atoms with E-state index >= 15 is 0 Å². The molecular weight excluding hydrogens is 546 g/mol. The highest BCUT2D eigenvalue weighted by molar-refractivity contribution is 7.10. The molecule has 2 unspecified atom stereocenters. The molecule has 0 radical (unpaired) electrons. The Hall–Kier alpha value is -2.81. The number of ketones is 1. The number of carbonyl (C=O) groups is 2. The van der Waals surface area contributed by atoms with Crippen LogP contribution in [0.25, 0.3) is 22.0 Å². The minimum atomic E-state index is -0.391. The molecule has 0 aliphatic heterocycles. The summed E-state index contributed by atoms with van der Waals surface area (Å²) in [7, 11) is 3.45. The molecule has 2 N–H and O–H groups in total. The molecule has 0 saturated heterocycles. The molecule has 5 rings (SSSR count). The third kappa shape index (κ3) is 7.04. The molecule has 226 valence electrons. The number of nitrogens with one attached hydrogen (secondary N) is 2. The highest BCUT2D eigenvalue weighted by atomic mass is 32.1. The normalized spacial score (nSPS) is 20.8. The van der Waals surface area contributed by atoms with Crippen molar-refractivity contribution in [3.63, 3.8) is 0 Å². The topological polar surface area (TPSA) is 89.6 Å². The van der Waals surface area contributed by atoms with Crippen molar-refractivity contribution in [3.8, 4) is 17.0 Å². The summed E-state index contributed by atoms with van der Waals surface area (Å²) in [6.45, 7) is 2.89. The van der Waals surface area contributed by atoms with Crippen molar-refractivity contribution in [2.24, 2.45) is 11.8 Å². The van der Waals surface area contributed by atoms with E-state index in [2.05, 4.69) is 40.3 Å². The van der Waals surface area contributed by atoms with Gasteiger partial charge < -0.3 is 20.1 Å². The Labute approximate surface area is 253 Å². The fourth-order valence-corrected chi connectivity index (χ4v) is 7.82. The molecule has 3 aromatic rings. The molecule has 2 aromatic carbocycles. The van der Waals surface area contributed by atoms with Gasteiger partial charge in [0.25, 0.3) is 0 Å². The van der Waals surface area contributed by atoms with Gasteiger partial charge in [0.15, 0.2) is 5.78 Å². The second-order valence-corrected chi connectivity index (χ2v) is 12.8. The zero-order chi connectivity index (χ0) is 29.5. The number of benzene rings is 2. The van der Waals surface area contributed by atoms with Crippen LogP contribution >= 0.6 is 11.3 Å². The summed E-state index contributed by atoms with van der Waals surface area (Å²) in [4.78, 5) is 31.8. The molecule has 4 atom stereocenters. The van der Waals surface area contributed by atoms with Crippen LogP contribution in [0.2, 0.25) is 0 Å². The first kappa shape index (κ1) is 30.6. The number of rotatable bonds is 13. The van der Waals surface area contributed by atoms with Gasteiger partial charge in [0.2, 0.25) is 5.91 Å². The molecule has 2 aliphatic carbocycles. The van der Waals surface area contributed by atoms with Gasteiger partial charge in [-0.25, -0.2) is 4.98 Å². The van der Waals surface area contributed by atoms with Gasteiger partial charge in [-0.15, -0.1) is 11.3 Å². The Bertz CT molecular complexity index is 1350. The van der Waals surface area contributed by atoms with E-state index in [0.717, 1.165) is 77.7 Å². The van der Waals surface area contributed by atoms with Gasteiger partial charge in [0.05, 0.1) is 29.4 Å². The number of amides is 1. The number of methoxy groups -OCH3 is 1. The van der Waals surface area contributed by atoms with Crippen molar-refractivity contribution < 1.29 is 19.1 Å². The highest BCUT2D eigenvalue weighted by Crippen LogP contribution is 2.45. The standard InChI is InChI=1S/C34H45N3O4S/c1-22(35-2)33(39)37-32(23-10-5-4-6-11-23)30(38)20-24-12-9-15-25(24)34-36-29(21-42-34)27-16-17-31(41-19-18-40-3)28-14-8-7-13-26(27)28/h7-8,13-14,16-17,21-25,32,35H,4-6,9-12,15,18-20H2,1-3H3,(H,37,39)/t22?,24?,25-,32+/m1/s1. The van der Waals surface area contributed by atoms with Crippen LogP contribution in [0.4, 0.5) is 0 Å². The van der Waals surface area contributed by atoms with E-state index in [1.54, 1.807) is 25.5 Å². The van der Waals surface area contributed by atoms with E-state index in [1.807, 2.05) is 19.1 Å². The maximum atomic E-state index is 13.8. The molecule has 2 fully saturated rings. The molecule has 7 nitrogen and oxygen atoms in total. The van der Waals surface area contributed by atoms with Crippen molar-refractivity contribution in [1.82, 2.24) is 15.6 Å². The largest absolute Gasteiger partial charge is 0.491 e. The highest BCUT2D eigenvalue weighted by Gasteiger charge is 2.37. The van der Waals surface area contributed by atoms with E-state index in [4.69, 9.17) is 14.5 Å². The van der Waals surface area contributed by atoms with Gasteiger partial charge in [-0.05, 0) is 69.0 Å². The maximum Gasteiger partial charge on any atom is 0.237 e. The number of carbonyl (C=O) groups excluding carboxylic acids is 2. The molecule has 2 aliphatic rings. The summed E-state index contributed by atoms with van der Waals surface area (Å²) in [6.07, 6.45) is 9.20. The first-order valence-electron chi connectivity index (χ1n) is 15.6. The predicted molar refractivity (Wildman–Crippen MR) is 169 cm³/mol. The van der Waals surface area contributed by atoms with Crippen molar-refractivity contribution >= 4 is 33.8 Å². The van der Waals surface area contributed by atoms with Crippen LogP contribution in [0.3, 0.4) is 0 Å². The smallest absolute Gasteiger partial charge is 0.237 e. The van der Waals surface area contributed by atoms with Crippen LogP contribution in [0, 0.1) is 11.8 Å². The second-order valence-electron chi connectivity index (χ2n) is 11.9. The van der Waals surface area contributed by atoms with Crippen LogP contribution < -0.4 is 15.4 Å². The fourth-order valence-electron chi connectivity index (χ4n) is 6.77. The molecule has 2 saturated carbocycles. The lowest BCUT2D eigenvalue weighted by Gasteiger charge is -2.32. The number of Topliss-reactive ketones (excluding diaryl/α,β-unsaturated/α-hetero) is 1. The Kier molecular flexibility index (Phi) is 10.6. The van der Waals surface area contributed by atoms with E-state index in [0.29, 0.717) is 19.6 Å². The average molecular weight is 592 g/mol. The van der Waals surface area contributed by atoms with Crippen LogP contribution in [-0.4, -0.2) is 56.1 Å². The Morgan fingerprint density at radius 2 is 1.79 bits per heavy atom. The maximum absolute atomic E-state index is 13.8. The zero-order valence-corrected chi connectivity index (χ0v) is 26.0. The Morgan fingerprint density at radius 1 is 1.00 bits per heavy atom. The van der Waals surface area contributed by atoms with Crippen LogP contribution in [0.1, 0.15) is 75.6 Å². The number of ether oxygens (including phenoxy) is 2. The average Bonchev–Trinajstić information content (AvgIpc) is 3.69. The lowest BCUT2D eigenvalue weighted by Crippen LogP contribution is -2.52. The summed E-state index contributed by atoms with van der Waals surface area (Å²) in [5.74, 6) is 1.72. The zero-order valence-electron chi connectivity index (χ0n) is 25.2. The first-order valence-corrected chi connectivity index (χ1v) is 16.5. The summed E-state index contributed by atoms with van der Waals surface area (Å²) in [5, 5.41) is 11.6. The molecule has 1 aromatic heterocycles. The van der Waals surface area contributed by atoms with Gasteiger partial charge in [-0.1, -0.05) is 49.9 Å². The molecule has 1 amide bonds. The third-order valence-electron chi connectivity index (χ3n) is 9.26. The molecular formula is C34H45N3O4S. The minimum Gasteiger partial charge on any atom is -0.491 e. The molecule has 8 heteroatoms. The van der Waals surface area contributed by atoms with E-state index in [9.17, 15) is 9.59 Å². The molecule has 42 heavy (non-hydrogen) atoms. The molecule has 1 heterocycles. The quantitative estimate of drug-likeness (QED) is 0.221. The number of hydrogen-bond acceptors (Lipinski definition) is 7. The van der Waals surface area contributed by atoms with Gasteiger partial charge in [0, 0.05) is 35.8 Å². The van der Waals surface area contributed by atoms with E-state index < -0.39 is 6.04 Å². The number of nitrogens with zero attached hydrogens (tertiary/aromatic N) is 1. The van der Waals surface area contributed by atoms with Crippen molar-refractivity contribution in [2.45, 2.75) is 82.7 Å². The molecule has 0 spiro atoms. The van der Waals surface area contributed by atoms with Gasteiger partial charge >= 0.3 is 0 Å². The third-order valence-corrected chi connectivity index (χ3v) is 10.2. The number of thiazole rings is 1. The van der Waals surface area contributed by atoms with Crippen LogP contribution in [-0.2, 0) is 14.3 Å². The second kappa shape index (κ2) is 14.6. The summed E-state index contributed by atoms with van der Waals surface area (Å²) in [6, 6.07) is 11.7. The van der Waals surface area contributed by atoms with Gasteiger partial charge in [-0.3, -0.25) is 9.59 Å². The number of fused-ring (bicyclic) bond motifs is 1. The SMILES string of the molecule is CNC(C)C(=O)N[C@H](C(=O)CC1CCC[C@H]1c1nc(-c2ccc(OCCOC)c3ccccc23)cs1)C1CCCCC1. The van der Waals surface area contributed by atoms with Gasteiger partial charge in [0.1, 0.15) is 12.4 Å². The lowest BCUT2D eigenvalue weighted by molar-refractivity contribution is -0.130. The predicted octanol–water partition coefficient (Wildman–Crippen LogP) is 6.50. The van der Waals surface area contributed by atoms with Crippen molar-refractivity contribution in [2.75, 3.05) is 27.4 Å². The van der Waals surface area contributed by atoms with Crippen LogP contribution in [0.15, 0.2) is 41.8 Å². The Morgan fingerprint density at radius 3 is 2.55 bits per heavy atom. The van der Waals surface area contributed by atoms with Crippen molar-refractivity contribution in [3.05, 3.63) is 46.8 Å². The fraction of sp³-hybridized carbons (Fsp3) is 0.559. The summed E-state index contributed by atoms with van der Waals surface area (Å²) < 4.78 is 11.1. The first-order chi connectivity index (χ1) is 20.5. The number of hydrogen-bond donors (Lipinski definition) is 2. The minimum absolute atomic E-state index is 0.0868. The number of aromatic nitrogens is 1. The van der Waals surface area contributed by atoms with Crippen LogP contribution in [0.5, 0.6) is 5.75 Å². The summed E-state index contributed by atoms with van der Waals surface area (Å²) in [5.41, 5.74) is 2.07. The monoisotopic (exact) mass is 591 g/mol. The van der Waals surface area contributed by atoms with Gasteiger partial charge in [-0.2, -0.15) is 0 Å². The Balaban J connectivity index is 1.33. The molecule has 0 bridgehead atoms. The van der Waals surface area contributed by atoms with E-state index in [-0.39, 0.29) is 35.5 Å².